The molecule has 6 nitrogen and oxygen atoms in total. The number of aromatic nitrogens is 4. The zero-order valence-corrected chi connectivity index (χ0v) is 9.83. The largest absolute Gasteiger partial charge is 0.333 e. The smallest absolute Gasteiger partial charge is 0.271 e. The summed E-state index contributed by atoms with van der Waals surface area (Å²) in [6.07, 6.45) is 2.42. The molecule has 0 saturated heterocycles. The molecule has 0 aliphatic rings. The molecule has 86 valence electrons. The molecule has 2 N–H and O–H groups in total. The first-order valence-electron chi connectivity index (χ1n) is 5.19. The monoisotopic (exact) mass is 239 g/mol. The lowest BCUT2D eigenvalue weighted by Gasteiger charge is -1.90. The van der Waals surface area contributed by atoms with Crippen molar-refractivity contribution in [2.24, 2.45) is 5.73 Å². The summed E-state index contributed by atoms with van der Waals surface area (Å²) in [5.74, 6) is 1.20. The molecule has 7 heteroatoms. The van der Waals surface area contributed by atoms with E-state index in [1.54, 1.807) is 0 Å². The molecular weight excluding hydrogens is 226 g/mol. The Bertz CT molecular complexity index is 452. The normalized spacial score (nSPS) is 10.9. The zero-order chi connectivity index (χ0) is 11.4. The fraction of sp³-hybridized carbons (Fsp3) is 0.556. The third-order valence-corrected chi connectivity index (χ3v) is 2.91. The molecule has 0 spiro atoms. The van der Waals surface area contributed by atoms with E-state index in [0.29, 0.717) is 18.3 Å². The molecule has 2 rings (SSSR count). The maximum atomic E-state index is 5.42. The van der Waals surface area contributed by atoms with Crippen molar-refractivity contribution >= 4 is 11.5 Å². The van der Waals surface area contributed by atoms with Gasteiger partial charge in [0.25, 0.3) is 5.89 Å². The molecule has 0 amide bonds. The minimum Gasteiger partial charge on any atom is -0.333 e. The van der Waals surface area contributed by atoms with Gasteiger partial charge in [-0.25, -0.2) is 0 Å². The first-order chi connectivity index (χ1) is 7.85. The van der Waals surface area contributed by atoms with Gasteiger partial charge in [-0.3, -0.25) is 0 Å². The van der Waals surface area contributed by atoms with Crippen LogP contribution in [0.25, 0.3) is 10.8 Å². The Morgan fingerprint density at radius 3 is 3.06 bits per heavy atom. The molecule has 0 bridgehead atoms. The SMILES string of the molecule is CCc1nnsc1-c1nc(CCCN)no1. The highest BCUT2D eigenvalue weighted by Crippen LogP contribution is 2.24. The fourth-order valence-electron chi connectivity index (χ4n) is 1.31. The molecule has 0 saturated carbocycles. The van der Waals surface area contributed by atoms with E-state index in [4.69, 9.17) is 10.3 Å². The fourth-order valence-corrected chi connectivity index (χ4v) is 1.98. The van der Waals surface area contributed by atoms with Crippen LogP contribution in [0, 0.1) is 0 Å². The maximum absolute atomic E-state index is 5.42. The van der Waals surface area contributed by atoms with Gasteiger partial charge in [0.15, 0.2) is 5.82 Å². The van der Waals surface area contributed by atoms with Gasteiger partial charge in [-0.05, 0) is 30.9 Å². The quantitative estimate of drug-likeness (QED) is 0.838. The molecule has 2 aromatic rings. The van der Waals surface area contributed by atoms with E-state index >= 15 is 0 Å². The van der Waals surface area contributed by atoms with E-state index in [9.17, 15) is 0 Å². The Balaban J connectivity index is 2.18. The highest BCUT2D eigenvalue weighted by molar-refractivity contribution is 7.09. The lowest BCUT2D eigenvalue weighted by Crippen LogP contribution is -2.01. The van der Waals surface area contributed by atoms with Gasteiger partial charge in [0.05, 0.1) is 5.69 Å². The Kier molecular flexibility index (Phi) is 3.58. The standard InChI is InChI=1S/C9H13N5OS/c1-2-6-8(16-14-12-6)9-11-7(13-15-9)4-3-5-10/h2-5,10H2,1H3. The molecule has 0 aliphatic heterocycles. The molecule has 0 aliphatic carbocycles. The molecule has 0 unspecified atom stereocenters. The van der Waals surface area contributed by atoms with Crippen LogP contribution in [0.1, 0.15) is 24.9 Å². The summed E-state index contributed by atoms with van der Waals surface area (Å²) in [5.41, 5.74) is 6.32. The molecule has 0 atom stereocenters. The summed E-state index contributed by atoms with van der Waals surface area (Å²) in [7, 11) is 0. The second-order valence-corrected chi connectivity index (χ2v) is 4.06. The second-order valence-electron chi connectivity index (χ2n) is 3.31. The zero-order valence-electron chi connectivity index (χ0n) is 9.01. The van der Waals surface area contributed by atoms with Crippen LogP contribution in [0.5, 0.6) is 0 Å². The number of hydrogen-bond donors (Lipinski definition) is 1. The molecule has 2 aromatic heterocycles. The molecule has 16 heavy (non-hydrogen) atoms. The second kappa shape index (κ2) is 5.13. The van der Waals surface area contributed by atoms with Crippen molar-refractivity contribution in [1.29, 1.82) is 0 Å². The third-order valence-electron chi connectivity index (χ3n) is 2.16. The minimum atomic E-state index is 0.513. The third kappa shape index (κ3) is 2.25. The Morgan fingerprint density at radius 2 is 2.31 bits per heavy atom. The summed E-state index contributed by atoms with van der Waals surface area (Å²) < 4.78 is 9.06. The van der Waals surface area contributed by atoms with Gasteiger partial charge >= 0.3 is 0 Å². The average molecular weight is 239 g/mol. The van der Waals surface area contributed by atoms with Crippen LogP contribution in [-0.2, 0) is 12.8 Å². The summed E-state index contributed by atoms with van der Waals surface area (Å²) in [5, 5.41) is 7.90. The Labute approximate surface area is 97.0 Å². The molecule has 0 fully saturated rings. The Morgan fingerprint density at radius 1 is 1.44 bits per heavy atom. The van der Waals surface area contributed by atoms with Gasteiger partial charge in [-0.15, -0.1) is 5.10 Å². The van der Waals surface area contributed by atoms with Crippen LogP contribution in [-0.4, -0.2) is 26.3 Å². The van der Waals surface area contributed by atoms with Gasteiger partial charge < -0.3 is 10.3 Å². The van der Waals surface area contributed by atoms with Crippen LogP contribution >= 0.6 is 11.5 Å². The van der Waals surface area contributed by atoms with Crippen molar-refractivity contribution in [3.8, 4) is 10.8 Å². The van der Waals surface area contributed by atoms with Crippen molar-refractivity contribution in [2.45, 2.75) is 26.2 Å². The molecule has 2 heterocycles. The van der Waals surface area contributed by atoms with Crippen molar-refractivity contribution in [2.75, 3.05) is 6.54 Å². The Hall–Kier alpha value is -1.34. The molecular formula is C9H13N5OS. The van der Waals surface area contributed by atoms with Crippen LogP contribution < -0.4 is 5.73 Å². The van der Waals surface area contributed by atoms with Crippen LogP contribution in [0.3, 0.4) is 0 Å². The van der Waals surface area contributed by atoms with Gasteiger partial charge in [0.1, 0.15) is 4.88 Å². The van der Waals surface area contributed by atoms with Crippen LogP contribution in [0.2, 0.25) is 0 Å². The highest BCUT2D eigenvalue weighted by atomic mass is 32.1. The van der Waals surface area contributed by atoms with Crippen LogP contribution in [0.4, 0.5) is 0 Å². The average Bonchev–Trinajstić information content (AvgIpc) is 2.94. The summed E-state index contributed by atoms with van der Waals surface area (Å²) in [4.78, 5) is 5.17. The van der Waals surface area contributed by atoms with Crippen LogP contribution in [0.15, 0.2) is 4.52 Å². The van der Waals surface area contributed by atoms with Crippen molar-refractivity contribution < 1.29 is 4.52 Å². The van der Waals surface area contributed by atoms with E-state index in [1.807, 2.05) is 6.92 Å². The number of rotatable bonds is 5. The van der Waals surface area contributed by atoms with Crippen molar-refractivity contribution in [3.05, 3.63) is 11.5 Å². The molecule has 0 radical (unpaired) electrons. The van der Waals surface area contributed by atoms with Gasteiger partial charge in [0, 0.05) is 6.42 Å². The van der Waals surface area contributed by atoms with E-state index in [0.717, 1.165) is 29.8 Å². The van der Waals surface area contributed by atoms with E-state index in [1.165, 1.54) is 11.5 Å². The maximum Gasteiger partial charge on any atom is 0.271 e. The van der Waals surface area contributed by atoms with Crippen molar-refractivity contribution in [3.63, 3.8) is 0 Å². The number of nitrogens with zero attached hydrogens (tertiary/aromatic N) is 4. The minimum absolute atomic E-state index is 0.513. The first-order valence-corrected chi connectivity index (χ1v) is 5.96. The van der Waals surface area contributed by atoms with Crippen molar-refractivity contribution in [1.82, 2.24) is 19.7 Å². The summed E-state index contributed by atoms with van der Waals surface area (Å²) in [6.45, 7) is 2.65. The summed E-state index contributed by atoms with van der Waals surface area (Å²) in [6, 6.07) is 0. The van der Waals surface area contributed by atoms with E-state index in [-0.39, 0.29) is 0 Å². The van der Waals surface area contributed by atoms with Gasteiger partial charge in [-0.1, -0.05) is 16.6 Å². The highest BCUT2D eigenvalue weighted by Gasteiger charge is 2.15. The lowest BCUT2D eigenvalue weighted by atomic mass is 10.3. The lowest BCUT2D eigenvalue weighted by molar-refractivity contribution is 0.422. The van der Waals surface area contributed by atoms with Gasteiger partial charge in [0.2, 0.25) is 0 Å². The predicted octanol–water partition coefficient (Wildman–Crippen LogP) is 1.04. The number of nitrogens with two attached hydrogens (primary N) is 1. The topological polar surface area (TPSA) is 90.7 Å². The number of hydrogen-bond acceptors (Lipinski definition) is 7. The first kappa shape index (κ1) is 11.2. The van der Waals surface area contributed by atoms with E-state index < -0.39 is 0 Å². The van der Waals surface area contributed by atoms with Gasteiger partial charge in [-0.2, -0.15) is 4.98 Å². The molecule has 0 aromatic carbocycles. The number of aryl methyl sites for hydroxylation is 2. The predicted molar refractivity (Wildman–Crippen MR) is 60.0 cm³/mol. The van der Waals surface area contributed by atoms with E-state index in [2.05, 4.69) is 19.7 Å². The summed E-state index contributed by atoms with van der Waals surface area (Å²) >= 11 is 1.28.